The Balaban J connectivity index is 1.37. The number of benzene rings is 1. The zero-order valence-corrected chi connectivity index (χ0v) is 14.8. The van der Waals surface area contributed by atoms with Gasteiger partial charge in [-0.1, -0.05) is 24.4 Å². The fourth-order valence-electron chi connectivity index (χ4n) is 3.83. The molecule has 7 nitrogen and oxygen atoms in total. The van der Waals surface area contributed by atoms with E-state index in [9.17, 15) is 14.4 Å². The molecule has 0 bridgehead atoms. The SMILES string of the molecule is O=C(CN1C(=O)C2CCCCC2C1=O)OCc1cc(Cl)c2c(c1)OCO2. The van der Waals surface area contributed by atoms with Crippen molar-refractivity contribution in [3.05, 3.63) is 22.7 Å². The minimum absolute atomic E-state index is 0.0295. The molecule has 138 valence electrons. The summed E-state index contributed by atoms with van der Waals surface area (Å²) >= 11 is 6.09. The smallest absolute Gasteiger partial charge is 0.326 e. The van der Waals surface area contributed by atoms with Gasteiger partial charge in [-0.05, 0) is 30.5 Å². The minimum atomic E-state index is -0.626. The van der Waals surface area contributed by atoms with Crippen molar-refractivity contribution >= 4 is 29.4 Å². The lowest BCUT2D eigenvalue weighted by molar-refractivity contribution is -0.153. The van der Waals surface area contributed by atoms with Gasteiger partial charge in [0.15, 0.2) is 11.5 Å². The van der Waals surface area contributed by atoms with Crippen LogP contribution in [0.2, 0.25) is 5.02 Å². The van der Waals surface area contributed by atoms with E-state index >= 15 is 0 Å². The first-order valence-corrected chi connectivity index (χ1v) is 9.01. The van der Waals surface area contributed by atoms with Gasteiger partial charge in [-0.15, -0.1) is 0 Å². The standard InChI is InChI=1S/C18H18ClNO6/c19-13-5-10(6-14-16(13)26-9-25-14)8-24-15(21)7-20-17(22)11-3-1-2-4-12(11)18(20)23/h5-6,11-12H,1-4,7-9H2. The molecule has 3 aliphatic rings. The highest BCUT2D eigenvalue weighted by Gasteiger charge is 2.48. The second-order valence-electron chi connectivity index (χ2n) is 6.73. The molecule has 2 aliphatic heterocycles. The highest BCUT2D eigenvalue weighted by Crippen LogP contribution is 2.40. The number of imide groups is 1. The molecule has 0 radical (unpaired) electrons. The average molecular weight is 380 g/mol. The predicted octanol–water partition coefficient (Wildman–Crippen LogP) is 2.29. The zero-order chi connectivity index (χ0) is 18.3. The molecule has 1 saturated carbocycles. The summed E-state index contributed by atoms with van der Waals surface area (Å²) in [7, 11) is 0. The molecule has 2 atom stereocenters. The van der Waals surface area contributed by atoms with E-state index in [1.165, 1.54) is 0 Å². The van der Waals surface area contributed by atoms with Crippen molar-refractivity contribution in [1.29, 1.82) is 0 Å². The van der Waals surface area contributed by atoms with E-state index in [-0.39, 0.29) is 43.6 Å². The van der Waals surface area contributed by atoms with Crippen molar-refractivity contribution in [3.63, 3.8) is 0 Å². The van der Waals surface area contributed by atoms with Crippen molar-refractivity contribution in [1.82, 2.24) is 4.90 Å². The van der Waals surface area contributed by atoms with Gasteiger partial charge in [0, 0.05) is 0 Å². The van der Waals surface area contributed by atoms with Crippen molar-refractivity contribution in [3.8, 4) is 11.5 Å². The van der Waals surface area contributed by atoms with E-state index in [1.807, 2.05) is 0 Å². The van der Waals surface area contributed by atoms with Gasteiger partial charge in [-0.25, -0.2) is 0 Å². The van der Waals surface area contributed by atoms with Crippen LogP contribution in [0, 0.1) is 11.8 Å². The average Bonchev–Trinajstić information content (AvgIpc) is 3.20. The number of esters is 1. The first-order chi connectivity index (χ1) is 12.5. The van der Waals surface area contributed by atoms with E-state index < -0.39 is 5.97 Å². The molecule has 0 N–H and O–H groups in total. The van der Waals surface area contributed by atoms with Crippen LogP contribution in [0.1, 0.15) is 31.2 Å². The highest BCUT2D eigenvalue weighted by atomic mass is 35.5. The van der Waals surface area contributed by atoms with Crippen molar-refractivity contribution in [2.24, 2.45) is 11.8 Å². The van der Waals surface area contributed by atoms with Crippen LogP contribution in [0.25, 0.3) is 0 Å². The predicted molar refractivity (Wildman–Crippen MR) is 89.5 cm³/mol. The van der Waals surface area contributed by atoms with Crippen LogP contribution < -0.4 is 9.47 Å². The maximum absolute atomic E-state index is 12.4. The number of fused-ring (bicyclic) bond motifs is 2. The van der Waals surface area contributed by atoms with E-state index in [4.69, 9.17) is 25.8 Å². The van der Waals surface area contributed by atoms with Gasteiger partial charge < -0.3 is 14.2 Å². The number of hydrogen-bond acceptors (Lipinski definition) is 6. The quantitative estimate of drug-likeness (QED) is 0.589. The fraction of sp³-hybridized carbons (Fsp3) is 0.500. The van der Waals surface area contributed by atoms with Crippen LogP contribution in [0.4, 0.5) is 0 Å². The molecule has 8 heteroatoms. The Morgan fingerprint density at radius 1 is 1.15 bits per heavy atom. The first kappa shape index (κ1) is 17.1. The molecular weight excluding hydrogens is 362 g/mol. The summed E-state index contributed by atoms with van der Waals surface area (Å²) in [6.45, 7) is -0.277. The molecule has 1 aliphatic carbocycles. The Hall–Kier alpha value is -2.28. The van der Waals surface area contributed by atoms with Gasteiger partial charge in [0.1, 0.15) is 13.2 Å². The van der Waals surface area contributed by atoms with Gasteiger partial charge in [-0.2, -0.15) is 0 Å². The summed E-state index contributed by atoms with van der Waals surface area (Å²) in [4.78, 5) is 37.9. The monoisotopic (exact) mass is 379 g/mol. The number of hydrogen-bond donors (Lipinski definition) is 0. The number of rotatable bonds is 4. The molecule has 2 heterocycles. The Kier molecular flexibility index (Phi) is 4.48. The van der Waals surface area contributed by atoms with Crippen LogP contribution in [-0.2, 0) is 25.7 Å². The van der Waals surface area contributed by atoms with Crippen molar-refractivity contribution in [2.45, 2.75) is 32.3 Å². The summed E-state index contributed by atoms with van der Waals surface area (Å²) in [6.07, 6.45) is 3.33. The molecule has 4 rings (SSSR count). The molecule has 1 aromatic rings. The Bertz CT molecular complexity index is 755. The first-order valence-electron chi connectivity index (χ1n) is 8.63. The second-order valence-corrected chi connectivity index (χ2v) is 7.14. The van der Waals surface area contributed by atoms with E-state index in [2.05, 4.69) is 0 Å². The number of amides is 2. The Morgan fingerprint density at radius 2 is 1.85 bits per heavy atom. The van der Waals surface area contributed by atoms with Crippen molar-refractivity contribution in [2.75, 3.05) is 13.3 Å². The zero-order valence-electron chi connectivity index (χ0n) is 14.0. The largest absolute Gasteiger partial charge is 0.459 e. The van der Waals surface area contributed by atoms with E-state index in [1.54, 1.807) is 12.1 Å². The summed E-state index contributed by atoms with van der Waals surface area (Å²) < 4.78 is 15.7. The summed E-state index contributed by atoms with van der Waals surface area (Å²) in [5, 5.41) is 0.375. The van der Waals surface area contributed by atoms with Gasteiger partial charge in [0.2, 0.25) is 18.6 Å². The van der Waals surface area contributed by atoms with Gasteiger partial charge in [0.25, 0.3) is 0 Å². The lowest BCUT2D eigenvalue weighted by Gasteiger charge is -2.19. The number of carbonyl (C=O) groups excluding carboxylic acids is 3. The van der Waals surface area contributed by atoms with Crippen LogP contribution >= 0.6 is 11.6 Å². The highest BCUT2D eigenvalue weighted by molar-refractivity contribution is 6.32. The van der Waals surface area contributed by atoms with Crippen LogP contribution in [-0.4, -0.2) is 36.0 Å². The lowest BCUT2D eigenvalue weighted by atomic mass is 9.81. The fourth-order valence-corrected chi connectivity index (χ4v) is 4.12. The number of carbonyl (C=O) groups is 3. The molecule has 2 amide bonds. The normalized spacial score (nSPS) is 24.0. The minimum Gasteiger partial charge on any atom is -0.459 e. The molecule has 1 aromatic carbocycles. The molecule has 1 saturated heterocycles. The lowest BCUT2D eigenvalue weighted by Crippen LogP contribution is -2.36. The molecule has 26 heavy (non-hydrogen) atoms. The van der Waals surface area contributed by atoms with E-state index in [0.717, 1.165) is 30.6 Å². The third-order valence-corrected chi connectivity index (χ3v) is 5.39. The molecule has 0 spiro atoms. The molecule has 2 fully saturated rings. The number of ether oxygens (including phenoxy) is 3. The van der Waals surface area contributed by atoms with E-state index in [0.29, 0.717) is 22.1 Å². The third-order valence-electron chi connectivity index (χ3n) is 5.11. The number of nitrogens with zero attached hydrogens (tertiary/aromatic N) is 1. The van der Waals surface area contributed by atoms with Crippen molar-refractivity contribution < 1.29 is 28.6 Å². The van der Waals surface area contributed by atoms with Gasteiger partial charge >= 0.3 is 5.97 Å². The van der Waals surface area contributed by atoms with Crippen LogP contribution in [0.15, 0.2) is 12.1 Å². The number of likely N-dealkylation sites (tertiary alicyclic amines) is 1. The summed E-state index contributed by atoms with van der Waals surface area (Å²) in [5.74, 6) is -0.687. The summed E-state index contributed by atoms with van der Waals surface area (Å²) in [6, 6.07) is 3.31. The van der Waals surface area contributed by atoms with Gasteiger partial charge in [0.05, 0.1) is 16.9 Å². The van der Waals surface area contributed by atoms with Gasteiger partial charge in [-0.3, -0.25) is 19.3 Å². The van der Waals surface area contributed by atoms with Crippen LogP contribution in [0.5, 0.6) is 11.5 Å². The third kappa shape index (κ3) is 3.00. The van der Waals surface area contributed by atoms with Crippen LogP contribution in [0.3, 0.4) is 0 Å². The maximum atomic E-state index is 12.4. The molecular formula is C18H18ClNO6. The maximum Gasteiger partial charge on any atom is 0.326 e. The second kappa shape index (κ2) is 6.79. The Morgan fingerprint density at radius 3 is 2.54 bits per heavy atom. The number of halogens is 1. The molecule has 2 unspecified atom stereocenters. The topological polar surface area (TPSA) is 82.1 Å². The molecule has 0 aromatic heterocycles. The summed E-state index contributed by atoms with van der Waals surface area (Å²) in [5.41, 5.74) is 0.639. The Labute approximate surface area is 155 Å².